The van der Waals surface area contributed by atoms with E-state index in [1.165, 1.54) is 15.9 Å². The van der Waals surface area contributed by atoms with Crippen molar-refractivity contribution in [1.29, 1.82) is 0 Å². The van der Waals surface area contributed by atoms with E-state index in [-0.39, 0.29) is 11.0 Å². The lowest BCUT2D eigenvalue weighted by molar-refractivity contribution is 0.399. The van der Waals surface area contributed by atoms with E-state index in [1.807, 2.05) is 6.92 Å². The van der Waals surface area contributed by atoms with Gasteiger partial charge in [-0.05, 0) is 17.8 Å². The summed E-state index contributed by atoms with van der Waals surface area (Å²) in [6, 6.07) is 1.58. The van der Waals surface area contributed by atoms with Gasteiger partial charge in [0.25, 0.3) is 5.56 Å². The first-order valence-corrected chi connectivity index (χ1v) is 8.66. The molecule has 0 saturated heterocycles. The lowest BCUT2D eigenvalue weighted by atomic mass is 9.96. The Kier molecular flexibility index (Phi) is 4.90. The maximum atomic E-state index is 12.2. The van der Waals surface area contributed by atoms with Crippen LogP contribution in [0.3, 0.4) is 0 Å². The van der Waals surface area contributed by atoms with Crippen LogP contribution in [0.2, 0.25) is 0 Å². The normalized spacial score (nSPS) is 12.3. The van der Waals surface area contributed by atoms with E-state index in [1.54, 1.807) is 6.07 Å². The Balaban J connectivity index is 2.45. The average Bonchev–Trinajstić information content (AvgIpc) is 2.80. The lowest BCUT2D eigenvalue weighted by Gasteiger charge is -2.30. The number of nitrogens with zero attached hydrogens (tertiary/aromatic N) is 4. The highest BCUT2D eigenvalue weighted by Gasteiger charge is 2.21. The summed E-state index contributed by atoms with van der Waals surface area (Å²) in [5.41, 5.74) is 0.899. The molecule has 122 valence electrons. The number of fused-ring (bicyclic) bond motifs is 1. The molecule has 0 spiro atoms. The zero-order valence-electron chi connectivity index (χ0n) is 14.4. The molecular weight excluding hydrogens is 296 g/mol. The van der Waals surface area contributed by atoms with Crippen molar-refractivity contribution in [2.75, 3.05) is 18.0 Å². The minimum atomic E-state index is -0.0930. The molecule has 22 heavy (non-hydrogen) atoms. The number of hydrogen-bond acceptors (Lipinski definition) is 5. The first kappa shape index (κ1) is 16.9. The fraction of sp³-hybridized carbons (Fsp3) is 0.688. The van der Waals surface area contributed by atoms with Gasteiger partial charge in [-0.15, -0.1) is 5.10 Å². The summed E-state index contributed by atoms with van der Waals surface area (Å²) in [6.45, 7) is 14.9. The molecule has 0 bridgehead atoms. The highest BCUT2D eigenvalue weighted by Crippen LogP contribution is 2.26. The van der Waals surface area contributed by atoms with Gasteiger partial charge < -0.3 is 4.90 Å². The summed E-state index contributed by atoms with van der Waals surface area (Å²) in [5, 5.41) is 5.39. The van der Waals surface area contributed by atoms with Crippen molar-refractivity contribution in [3.8, 4) is 0 Å². The van der Waals surface area contributed by atoms with Gasteiger partial charge in [0.2, 0.25) is 10.1 Å². The van der Waals surface area contributed by atoms with Gasteiger partial charge in [-0.1, -0.05) is 52.9 Å². The largest absolute Gasteiger partial charge is 0.346 e. The third-order valence-corrected chi connectivity index (χ3v) is 4.14. The summed E-state index contributed by atoms with van der Waals surface area (Å²) in [7, 11) is 0. The maximum absolute atomic E-state index is 12.2. The third-order valence-electron chi connectivity index (χ3n) is 3.17. The molecule has 0 aliphatic carbocycles. The summed E-state index contributed by atoms with van der Waals surface area (Å²) < 4.78 is 1.43. The molecule has 2 aromatic rings. The van der Waals surface area contributed by atoms with Gasteiger partial charge >= 0.3 is 0 Å². The molecule has 0 aliphatic rings. The molecule has 2 heterocycles. The molecule has 0 atom stereocenters. The van der Waals surface area contributed by atoms with Gasteiger partial charge in [-0.2, -0.15) is 4.52 Å². The van der Waals surface area contributed by atoms with Crippen molar-refractivity contribution < 1.29 is 0 Å². The molecule has 0 aliphatic heterocycles. The molecule has 0 amide bonds. The second-order valence-corrected chi connectivity index (χ2v) is 8.29. The Morgan fingerprint density at radius 1 is 1.36 bits per heavy atom. The minimum absolute atomic E-state index is 0.0930. The Labute approximate surface area is 136 Å². The van der Waals surface area contributed by atoms with Crippen molar-refractivity contribution in [1.82, 2.24) is 14.6 Å². The fourth-order valence-electron chi connectivity index (χ4n) is 2.38. The number of rotatable bonds is 5. The molecule has 2 rings (SSSR count). The maximum Gasteiger partial charge on any atom is 0.275 e. The van der Waals surface area contributed by atoms with E-state index in [9.17, 15) is 4.79 Å². The molecule has 0 fully saturated rings. The molecule has 2 aromatic heterocycles. The molecule has 5 nitrogen and oxygen atoms in total. The van der Waals surface area contributed by atoms with Gasteiger partial charge in [-0.3, -0.25) is 4.79 Å². The van der Waals surface area contributed by atoms with E-state index >= 15 is 0 Å². The van der Waals surface area contributed by atoms with Gasteiger partial charge in [0.1, 0.15) is 0 Å². The molecule has 0 saturated carbocycles. The minimum Gasteiger partial charge on any atom is -0.346 e. The highest BCUT2D eigenvalue weighted by molar-refractivity contribution is 7.20. The first-order valence-electron chi connectivity index (χ1n) is 7.84. The number of anilines is 1. The second-order valence-electron chi connectivity index (χ2n) is 7.35. The molecule has 0 radical (unpaired) electrons. The van der Waals surface area contributed by atoms with Crippen molar-refractivity contribution in [2.45, 2.75) is 48.0 Å². The predicted molar refractivity (Wildman–Crippen MR) is 93.0 cm³/mol. The van der Waals surface area contributed by atoms with E-state index in [0.29, 0.717) is 10.9 Å². The van der Waals surface area contributed by atoms with Gasteiger partial charge in [0.15, 0.2) is 0 Å². The van der Waals surface area contributed by atoms with E-state index in [2.05, 4.69) is 49.6 Å². The predicted octanol–water partition coefficient (Wildman–Crippen LogP) is 3.22. The molecule has 0 aromatic carbocycles. The quantitative estimate of drug-likeness (QED) is 0.848. The third kappa shape index (κ3) is 4.06. The van der Waals surface area contributed by atoms with Gasteiger partial charge in [-0.25, -0.2) is 4.98 Å². The van der Waals surface area contributed by atoms with Crippen LogP contribution in [0, 0.1) is 11.3 Å². The van der Waals surface area contributed by atoms with Crippen LogP contribution < -0.4 is 10.5 Å². The zero-order chi connectivity index (χ0) is 16.5. The van der Waals surface area contributed by atoms with Crippen LogP contribution in [0.5, 0.6) is 0 Å². The van der Waals surface area contributed by atoms with Crippen molar-refractivity contribution in [3.63, 3.8) is 0 Å². The van der Waals surface area contributed by atoms with Crippen LogP contribution in [-0.4, -0.2) is 27.7 Å². The van der Waals surface area contributed by atoms with E-state index in [4.69, 9.17) is 0 Å². The van der Waals surface area contributed by atoms with Crippen LogP contribution in [0.25, 0.3) is 4.96 Å². The number of hydrogen-bond donors (Lipinski definition) is 0. The fourth-order valence-corrected chi connectivity index (χ4v) is 3.31. The standard InChI is InChI=1S/C16H26N4OS/c1-7-12-8-13(21)20-14(17-12)22-15(18-20)19(9-11(2)3)10-16(4,5)6/h8,11H,7,9-10H2,1-6H3. The SMILES string of the molecule is CCc1cc(=O)n2nc(N(CC(C)C)CC(C)(C)C)sc2n1. The summed E-state index contributed by atoms with van der Waals surface area (Å²) in [5.74, 6) is 0.533. The molecule has 0 unspecified atom stereocenters. The summed E-state index contributed by atoms with van der Waals surface area (Å²) >= 11 is 1.50. The highest BCUT2D eigenvalue weighted by atomic mass is 32.1. The monoisotopic (exact) mass is 322 g/mol. The van der Waals surface area contributed by atoms with Crippen molar-refractivity contribution in [2.24, 2.45) is 11.3 Å². The van der Waals surface area contributed by atoms with Crippen LogP contribution in [0.4, 0.5) is 5.13 Å². The topological polar surface area (TPSA) is 50.5 Å². The van der Waals surface area contributed by atoms with Crippen molar-refractivity contribution in [3.05, 3.63) is 22.1 Å². The van der Waals surface area contributed by atoms with Crippen LogP contribution in [-0.2, 0) is 6.42 Å². The average molecular weight is 322 g/mol. The van der Waals surface area contributed by atoms with Crippen LogP contribution >= 0.6 is 11.3 Å². The van der Waals surface area contributed by atoms with E-state index in [0.717, 1.165) is 30.3 Å². The Morgan fingerprint density at radius 2 is 2.05 bits per heavy atom. The second kappa shape index (κ2) is 6.36. The van der Waals surface area contributed by atoms with Crippen LogP contribution in [0.1, 0.15) is 47.2 Å². The molecule has 6 heteroatoms. The Hall–Kier alpha value is -1.43. The van der Waals surface area contributed by atoms with Gasteiger partial charge in [0, 0.05) is 24.8 Å². The molecular formula is C16H26N4OS. The van der Waals surface area contributed by atoms with Crippen LogP contribution in [0.15, 0.2) is 10.9 Å². The number of aryl methyl sites for hydroxylation is 1. The summed E-state index contributed by atoms with van der Waals surface area (Å²) in [6.07, 6.45) is 0.761. The molecule has 0 N–H and O–H groups in total. The summed E-state index contributed by atoms with van der Waals surface area (Å²) in [4.78, 5) is 19.6. The van der Waals surface area contributed by atoms with Gasteiger partial charge in [0.05, 0.1) is 0 Å². The Morgan fingerprint density at radius 3 is 2.59 bits per heavy atom. The Bertz CT molecular complexity index is 696. The van der Waals surface area contributed by atoms with E-state index < -0.39 is 0 Å². The first-order chi connectivity index (χ1) is 10.2. The number of aromatic nitrogens is 3. The smallest absolute Gasteiger partial charge is 0.275 e. The zero-order valence-corrected chi connectivity index (χ0v) is 15.2. The van der Waals surface area contributed by atoms with Crippen molar-refractivity contribution >= 4 is 21.4 Å². The lowest BCUT2D eigenvalue weighted by Crippen LogP contribution is -2.35.